The van der Waals surface area contributed by atoms with Gasteiger partial charge in [-0.05, 0) is 43.2 Å². The number of ether oxygens (including phenoxy) is 2. The van der Waals surface area contributed by atoms with Crippen LogP contribution in [0, 0.1) is 11.8 Å². The first kappa shape index (κ1) is 23.0. The van der Waals surface area contributed by atoms with E-state index in [2.05, 4.69) is 21.9 Å². The minimum atomic E-state index is -3.96. The number of anilines is 1. The van der Waals surface area contributed by atoms with Crippen LogP contribution in [0.4, 0.5) is 5.13 Å². The first-order valence-electron chi connectivity index (χ1n) is 10.9. The Morgan fingerprint density at radius 1 is 1.22 bits per heavy atom. The summed E-state index contributed by atoms with van der Waals surface area (Å²) in [7, 11) is -3.96. The lowest BCUT2D eigenvalue weighted by Gasteiger charge is -2.21. The summed E-state index contributed by atoms with van der Waals surface area (Å²) >= 11 is 1.48. The lowest BCUT2D eigenvalue weighted by molar-refractivity contribution is -0.118. The lowest BCUT2D eigenvalue weighted by atomic mass is 9.93. The van der Waals surface area contributed by atoms with Gasteiger partial charge in [-0.1, -0.05) is 20.8 Å². The second-order valence-electron chi connectivity index (χ2n) is 8.73. The van der Waals surface area contributed by atoms with Gasteiger partial charge in [0.15, 0.2) is 16.6 Å². The average molecular weight is 480 g/mol. The summed E-state index contributed by atoms with van der Waals surface area (Å²) in [4.78, 5) is 18.8. The largest absolute Gasteiger partial charge is 0.490 e. The van der Waals surface area contributed by atoms with E-state index in [4.69, 9.17) is 9.47 Å². The molecule has 2 aliphatic rings. The van der Waals surface area contributed by atoms with Crippen LogP contribution >= 0.6 is 11.3 Å². The number of thiazole rings is 1. The van der Waals surface area contributed by atoms with Gasteiger partial charge in [0, 0.05) is 17.4 Å². The maximum absolute atomic E-state index is 13.1. The SMILES string of the molecule is CC(C)[C@H](NS(=O)(=O)c1ccc2c(c1)OCCCO2)C(=O)Nc1nc2c(s1)C[C@@H](C)CC2. The highest BCUT2D eigenvalue weighted by Gasteiger charge is 2.30. The number of nitrogens with one attached hydrogen (secondary N) is 2. The molecule has 1 aliphatic carbocycles. The Balaban J connectivity index is 1.50. The topological polar surface area (TPSA) is 107 Å². The van der Waals surface area contributed by atoms with Gasteiger partial charge in [0.2, 0.25) is 15.9 Å². The van der Waals surface area contributed by atoms with E-state index < -0.39 is 22.0 Å². The maximum atomic E-state index is 13.1. The predicted octanol–water partition coefficient (Wildman–Crippen LogP) is 3.37. The van der Waals surface area contributed by atoms with Crippen LogP contribution in [-0.4, -0.2) is 38.6 Å². The molecule has 0 radical (unpaired) electrons. The van der Waals surface area contributed by atoms with Crippen molar-refractivity contribution in [2.45, 2.75) is 57.4 Å². The van der Waals surface area contributed by atoms with Crippen molar-refractivity contribution in [3.05, 3.63) is 28.8 Å². The molecule has 174 valence electrons. The maximum Gasteiger partial charge on any atom is 0.244 e. The van der Waals surface area contributed by atoms with Crippen molar-refractivity contribution in [2.75, 3.05) is 18.5 Å². The molecule has 32 heavy (non-hydrogen) atoms. The second-order valence-corrected chi connectivity index (χ2v) is 11.5. The minimum Gasteiger partial charge on any atom is -0.490 e. The van der Waals surface area contributed by atoms with Crippen LogP contribution < -0.4 is 19.5 Å². The molecule has 0 spiro atoms. The minimum absolute atomic E-state index is 0.0268. The molecule has 2 aromatic rings. The molecule has 0 bridgehead atoms. The average Bonchev–Trinajstić information content (AvgIpc) is 2.97. The number of sulfonamides is 1. The zero-order valence-electron chi connectivity index (χ0n) is 18.5. The van der Waals surface area contributed by atoms with E-state index in [0.29, 0.717) is 35.8 Å². The highest BCUT2D eigenvalue weighted by molar-refractivity contribution is 7.89. The van der Waals surface area contributed by atoms with Gasteiger partial charge in [-0.25, -0.2) is 13.4 Å². The Bertz CT molecular complexity index is 1100. The van der Waals surface area contributed by atoms with Crippen LogP contribution in [0.5, 0.6) is 11.5 Å². The van der Waals surface area contributed by atoms with Gasteiger partial charge in [-0.2, -0.15) is 4.72 Å². The molecule has 0 unspecified atom stereocenters. The molecular weight excluding hydrogens is 450 g/mol. The molecule has 1 aromatic heterocycles. The van der Waals surface area contributed by atoms with Gasteiger partial charge >= 0.3 is 0 Å². The summed E-state index contributed by atoms with van der Waals surface area (Å²) in [5, 5.41) is 3.35. The molecule has 4 rings (SSSR count). The van der Waals surface area contributed by atoms with E-state index >= 15 is 0 Å². The third-order valence-electron chi connectivity index (χ3n) is 5.68. The third kappa shape index (κ3) is 5.07. The van der Waals surface area contributed by atoms with Crippen LogP contribution in [0.3, 0.4) is 0 Å². The van der Waals surface area contributed by atoms with Crippen molar-refractivity contribution >= 4 is 32.4 Å². The summed E-state index contributed by atoms with van der Waals surface area (Å²) in [6, 6.07) is 3.53. The van der Waals surface area contributed by atoms with Crippen molar-refractivity contribution < 1.29 is 22.7 Å². The second kappa shape index (κ2) is 9.36. The number of benzene rings is 1. The number of aryl methyl sites for hydroxylation is 1. The summed E-state index contributed by atoms with van der Waals surface area (Å²) < 4.78 is 39.9. The van der Waals surface area contributed by atoms with Crippen molar-refractivity contribution in [2.24, 2.45) is 11.8 Å². The van der Waals surface area contributed by atoms with Gasteiger partial charge in [-0.15, -0.1) is 11.3 Å². The number of nitrogens with zero attached hydrogens (tertiary/aromatic N) is 1. The number of hydrogen-bond donors (Lipinski definition) is 2. The molecule has 10 heteroatoms. The fourth-order valence-corrected chi connectivity index (χ4v) is 6.35. The van der Waals surface area contributed by atoms with E-state index in [0.717, 1.165) is 31.4 Å². The zero-order valence-corrected chi connectivity index (χ0v) is 20.1. The van der Waals surface area contributed by atoms with Crippen molar-refractivity contribution in [3.8, 4) is 11.5 Å². The van der Waals surface area contributed by atoms with Crippen LogP contribution in [0.1, 0.15) is 44.2 Å². The zero-order chi connectivity index (χ0) is 22.9. The van der Waals surface area contributed by atoms with Crippen molar-refractivity contribution in [3.63, 3.8) is 0 Å². The Kier molecular flexibility index (Phi) is 6.73. The van der Waals surface area contributed by atoms with Gasteiger partial charge in [-0.3, -0.25) is 4.79 Å². The quantitative estimate of drug-likeness (QED) is 0.658. The molecule has 1 aliphatic heterocycles. The molecule has 2 atom stereocenters. The number of amides is 1. The lowest BCUT2D eigenvalue weighted by Crippen LogP contribution is -2.47. The van der Waals surface area contributed by atoms with E-state index in [1.54, 1.807) is 19.9 Å². The van der Waals surface area contributed by atoms with E-state index in [9.17, 15) is 13.2 Å². The predicted molar refractivity (Wildman–Crippen MR) is 123 cm³/mol. The van der Waals surface area contributed by atoms with Crippen molar-refractivity contribution in [1.82, 2.24) is 9.71 Å². The van der Waals surface area contributed by atoms with Crippen molar-refractivity contribution in [1.29, 1.82) is 0 Å². The molecule has 0 fully saturated rings. The molecule has 1 amide bonds. The molecule has 2 heterocycles. The summed E-state index contributed by atoms with van der Waals surface area (Å²) in [5.74, 6) is 0.828. The number of hydrogen-bond acceptors (Lipinski definition) is 7. The van der Waals surface area contributed by atoms with Crippen LogP contribution in [0.15, 0.2) is 23.1 Å². The molecule has 1 aromatic carbocycles. The molecular formula is C22H29N3O5S2. The number of fused-ring (bicyclic) bond motifs is 2. The third-order valence-corrected chi connectivity index (χ3v) is 8.15. The van der Waals surface area contributed by atoms with Crippen LogP contribution in [-0.2, 0) is 27.7 Å². The van der Waals surface area contributed by atoms with Crippen LogP contribution in [0.2, 0.25) is 0 Å². The number of rotatable bonds is 6. The standard InChI is InChI=1S/C22H29N3O5S2/c1-13(2)20(21(26)24-22-23-16-7-5-14(3)11-19(16)31-22)25-32(27,28)15-6-8-17-18(12-15)30-10-4-9-29-17/h6,8,12-14,20,25H,4-5,7,9-11H2,1-3H3,(H,23,24,26)/t14-,20-/m0/s1. The molecule has 2 N–H and O–H groups in total. The Hall–Kier alpha value is -2.17. The fraction of sp³-hybridized carbons (Fsp3) is 0.545. The Morgan fingerprint density at radius 2 is 1.97 bits per heavy atom. The normalized spacial score (nSPS) is 19.2. The van der Waals surface area contributed by atoms with E-state index in [1.807, 2.05) is 0 Å². The molecule has 0 saturated heterocycles. The summed E-state index contributed by atoms with van der Waals surface area (Å²) in [6.07, 6.45) is 3.69. The number of aromatic nitrogens is 1. The van der Waals surface area contributed by atoms with Crippen LogP contribution in [0.25, 0.3) is 0 Å². The first-order chi connectivity index (χ1) is 15.2. The van der Waals surface area contributed by atoms with Gasteiger partial charge in [0.05, 0.1) is 23.8 Å². The summed E-state index contributed by atoms with van der Waals surface area (Å²) in [6.45, 7) is 6.79. The fourth-order valence-electron chi connectivity index (χ4n) is 3.81. The summed E-state index contributed by atoms with van der Waals surface area (Å²) in [5.41, 5.74) is 1.04. The number of carbonyl (C=O) groups excluding carboxylic acids is 1. The molecule has 0 saturated carbocycles. The Labute approximate surface area is 192 Å². The Morgan fingerprint density at radius 3 is 2.72 bits per heavy atom. The smallest absolute Gasteiger partial charge is 0.244 e. The monoisotopic (exact) mass is 479 g/mol. The molecule has 8 nitrogen and oxygen atoms in total. The van der Waals surface area contributed by atoms with E-state index in [1.165, 1.54) is 28.3 Å². The first-order valence-corrected chi connectivity index (χ1v) is 13.2. The number of carbonyl (C=O) groups is 1. The van der Waals surface area contributed by atoms with Gasteiger partial charge in [0.25, 0.3) is 0 Å². The van der Waals surface area contributed by atoms with E-state index in [-0.39, 0.29) is 10.8 Å². The van der Waals surface area contributed by atoms with Gasteiger partial charge < -0.3 is 14.8 Å². The van der Waals surface area contributed by atoms with Gasteiger partial charge in [0.1, 0.15) is 6.04 Å². The highest BCUT2D eigenvalue weighted by atomic mass is 32.2. The highest BCUT2D eigenvalue weighted by Crippen LogP contribution is 2.33.